The Morgan fingerprint density at radius 2 is 2.19 bits per heavy atom. The lowest BCUT2D eigenvalue weighted by atomic mass is 9.98. The number of ether oxygens (including phenoxy) is 1. The van der Waals surface area contributed by atoms with Crippen molar-refractivity contribution in [2.75, 3.05) is 53.2 Å². The highest BCUT2D eigenvalue weighted by Crippen LogP contribution is 2.31. The fourth-order valence-corrected chi connectivity index (χ4v) is 4.21. The first-order chi connectivity index (χ1) is 15.5. The SMILES string of the molecule is COCCn1cc(-c2nn(CC3CCCN(C(=O)CN(C)C)C3)c3ncnc(N)c23)cn1. The summed E-state index contributed by atoms with van der Waals surface area (Å²) in [5, 5.41) is 10.00. The molecule has 11 nitrogen and oxygen atoms in total. The lowest BCUT2D eigenvalue weighted by Gasteiger charge is -2.33. The van der Waals surface area contributed by atoms with Crippen molar-refractivity contribution in [2.45, 2.75) is 25.9 Å². The Morgan fingerprint density at radius 1 is 1.34 bits per heavy atom. The zero-order valence-corrected chi connectivity index (χ0v) is 18.9. The fourth-order valence-electron chi connectivity index (χ4n) is 4.21. The summed E-state index contributed by atoms with van der Waals surface area (Å²) >= 11 is 0. The van der Waals surface area contributed by atoms with Gasteiger partial charge < -0.3 is 20.3 Å². The number of hydrogen-bond donors (Lipinski definition) is 1. The molecule has 1 atom stereocenters. The first-order valence-electron chi connectivity index (χ1n) is 10.9. The van der Waals surface area contributed by atoms with E-state index in [2.05, 4.69) is 15.1 Å². The Labute approximate surface area is 187 Å². The summed E-state index contributed by atoms with van der Waals surface area (Å²) in [4.78, 5) is 25.1. The molecule has 3 aromatic rings. The molecule has 172 valence electrons. The minimum Gasteiger partial charge on any atom is -0.383 e. The molecule has 11 heteroatoms. The second-order valence-electron chi connectivity index (χ2n) is 8.56. The third-order valence-electron chi connectivity index (χ3n) is 5.74. The molecule has 0 spiro atoms. The summed E-state index contributed by atoms with van der Waals surface area (Å²) in [6, 6.07) is 0. The van der Waals surface area contributed by atoms with Gasteiger partial charge >= 0.3 is 0 Å². The number of methoxy groups -OCH3 is 1. The Hall–Kier alpha value is -3.05. The molecule has 0 aromatic carbocycles. The molecule has 0 saturated carbocycles. The van der Waals surface area contributed by atoms with Crippen molar-refractivity contribution in [1.82, 2.24) is 39.3 Å². The molecule has 2 N–H and O–H groups in total. The summed E-state index contributed by atoms with van der Waals surface area (Å²) in [7, 11) is 5.49. The maximum Gasteiger partial charge on any atom is 0.236 e. The van der Waals surface area contributed by atoms with Crippen LogP contribution < -0.4 is 5.73 Å². The number of rotatable bonds is 8. The van der Waals surface area contributed by atoms with Gasteiger partial charge in [-0.15, -0.1) is 0 Å². The van der Waals surface area contributed by atoms with Gasteiger partial charge in [-0.3, -0.25) is 9.48 Å². The molecule has 0 radical (unpaired) electrons. The topological polar surface area (TPSA) is 120 Å². The van der Waals surface area contributed by atoms with E-state index in [1.807, 2.05) is 39.5 Å². The molecule has 1 amide bonds. The third kappa shape index (κ3) is 4.73. The molecule has 1 aliphatic rings. The maximum absolute atomic E-state index is 12.5. The monoisotopic (exact) mass is 441 g/mol. The van der Waals surface area contributed by atoms with E-state index in [0.717, 1.165) is 42.6 Å². The Kier molecular flexibility index (Phi) is 6.66. The minimum atomic E-state index is 0.167. The van der Waals surface area contributed by atoms with E-state index in [1.54, 1.807) is 13.3 Å². The average molecular weight is 442 g/mol. The van der Waals surface area contributed by atoms with Crippen molar-refractivity contribution in [1.29, 1.82) is 0 Å². The van der Waals surface area contributed by atoms with Crippen LogP contribution in [0, 0.1) is 5.92 Å². The predicted molar refractivity (Wildman–Crippen MR) is 121 cm³/mol. The largest absolute Gasteiger partial charge is 0.383 e. The summed E-state index contributed by atoms with van der Waals surface area (Å²) in [6.07, 6.45) is 7.20. The number of nitrogen functional groups attached to an aromatic ring is 1. The Morgan fingerprint density at radius 3 is 2.97 bits per heavy atom. The number of likely N-dealkylation sites (tertiary alicyclic amines) is 1. The van der Waals surface area contributed by atoms with Gasteiger partial charge in [0, 0.05) is 38.5 Å². The summed E-state index contributed by atoms with van der Waals surface area (Å²) in [5.74, 6) is 0.861. The minimum absolute atomic E-state index is 0.167. The molecule has 1 aliphatic heterocycles. The summed E-state index contributed by atoms with van der Waals surface area (Å²) in [6.45, 7) is 3.85. The predicted octanol–water partition coefficient (Wildman–Crippen LogP) is 0.719. The van der Waals surface area contributed by atoms with Gasteiger partial charge in [0.05, 0.1) is 31.3 Å². The van der Waals surface area contributed by atoms with E-state index in [1.165, 1.54) is 6.33 Å². The standard InChI is InChI=1S/C21H31N9O2/c1-27(2)13-17(31)28-6-4-5-15(10-28)11-30-21-18(20(22)23-14-24-21)19(26-30)16-9-25-29(12-16)7-8-32-3/h9,12,14-15H,4-8,10-11,13H2,1-3H3,(H2,22,23,24). The van der Waals surface area contributed by atoms with E-state index in [4.69, 9.17) is 15.6 Å². The number of amides is 1. The van der Waals surface area contributed by atoms with Crippen molar-refractivity contribution in [3.63, 3.8) is 0 Å². The molecule has 1 fully saturated rings. The number of anilines is 1. The highest BCUT2D eigenvalue weighted by Gasteiger charge is 2.26. The van der Waals surface area contributed by atoms with Crippen LogP contribution in [-0.2, 0) is 22.6 Å². The second-order valence-corrected chi connectivity index (χ2v) is 8.56. The molecule has 4 heterocycles. The van der Waals surface area contributed by atoms with Gasteiger partial charge in [0.15, 0.2) is 5.65 Å². The number of fused-ring (bicyclic) bond motifs is 1. The Balaban J connectivity index is 1.59. The van der Waals surface area contributed by atoms with Crippen molar-refractivity contribution in [2.24, 2.45) is 5.92 Å². The first-order valence-corrected chi connectivity index (χ1v) is 10.9. The van der Waals surface area contributed by atoms with Crippen LogP contribution in [-0.4, -0.2) is 92.7 Å². The van der Waals surface area contributed by atoms with Crippen molar-refractivity contribution >= 4 is 22.8 Å². The van der Waals surface area contributed by atoms with Gasteiger partial charge in [0.25, 0.3) is 0 Å². The summed E-state index contributed by atoms with van der Waals surface area (Å²) < 4.78 is 8.86. The molecule has 32 heavy (non-hydrogen) atoms. The molecule has 1 unspecified atom stereocenters. The number of nitrogens with two attached hydrogens (primary N) is 1. The van der Waals surface area contributed by atoms with Gasteiger partial charge in [-0.25, -0.2) is 14.6 Å². The van der Waals surface area contributed by atoms with E-state index in [-0.39, 0.29) is 5.91 Å². The van der Waals surface area contributed by atoms with Gasteiger partial charge in [0.1, 0.15) is 17.8 Å². The molecular formula is C21H31N9O2. The smallest absolute Gasteiger partial charge is 0.236 e. The van der Waals surface area contributed by atoms with Crippen LogP contribution in [0.4, 0.5) is 5.82 Å². The number of carbonyl (C=O) groups is 1. The molecule has 4 rings (SSSR count). The zero-order chi connectivity index (χ0) is 22.7. The summed E-state index contributed by atoms with van der Waals surface area (Å²) in [5.41, 5.74) is 8.51. The third-order valence-corrected chi connectivity index (χ3v) is 5.74. The molecule has 0 aliphatic carbocycles. The highest BCUT2D eigenvalue weighted by atomic mass is 16.5. The first kappa shape index (κ1) is 22.2. The van der Waals surface area contributed by atoms with Crippen LogP contribution >= 0.6 is 0 Å². The van der Waals surface area contributed by atoms with E-state index in [0.29, 0.717) is 43.6 Å². The van der Waals surface area contributed by atoms with Crippen LogP contribution in [0.5, 0.6) is 0 Å². The Bertz CT molecular complexity index is 1070. The van der Waals surface area contributed by atoms with Crippen LogP contribution in [0.15, 0.2) is 18.7 Å². The quantitative estimate of drug-likeness (QED) is 0.543. The zero-order valence-electron chi connectivity index (χ0n) is 18.9. The highest BCUT2D eigenvalue weighted by molar-refractivity contribution is 5.98. The van der Waals surface area contributed by atoms with Crippen LogP contribution in [0.2, 0.25) is 0 Å². The number of piperidine rings is 1. The number of hydrogen-bond acceptors (Lipinski definition) is 8. The van der Waals surface area contributed by atoms with Gasteiger partial charge in [-0.1, -0.05) is 0 Å². The normalized spacial score (nSPS) is 16.9. The molecular weight excluding hydrogens is 410 g/mol. The van der Waals surface area contributed by atoms with Crippen molar-refractivity contribution in [3.05, 3.63) is 18.7 Å². The van der Waals surface area contributed by atoms with Crippen molar-refractivity contribution in [3.8, 4) is 11.3 Å². The molecule has 3 aromatic heterocycles. The van der Waals surface area contributed by atoms with E-state index < -0.39 is 0 Å². The fraction of sp³-hybridized carbons (Fsp3) is 0.571. The van der Waals surface area contributed by atoms with Gasteiger partial charge in [0.2, 0.25) is 5.91 Å². The van der Waals surface area contributed by atoms with Crippen LogP contribution in [0.25, 0.3) is 22.3 Å². The molecule has 1 saturated heterocycles. The lowest BCUT2D eigenvalue weighted by Crippen LogP contribution is -2.44. The van der Waals surface area contributed by atoms with Crippen LogP contribution in [0.1, 0.15) is 12.8 Å². The lowest BCUT2D eigenvalue weighted by molar-refractivity contribution is -0.133. The number of likely N-dealkylation sites (N-methyl/N-ethyl adjacent to an activating group) is 1. The molecule has 0 bridgehead atoms. The maximum atomic E-state index is 12.5. The number of nitrogens with zero attached hydrogens (tertiary/aromatic N) is 8. The van der Waals surface area contributed by atoms with Gasteiger partial charge in [-0.05, 0) is 32.9 Å². The average Bonchev–Trinajstić information content (AvgIpc) is 3.38. The van der Waals surface area contributed by atoms with E-state index in [9.17, 15) is 4.79 Å². The van der Waals surface area contributed by atoms with Crippen molar-refractivity contribution < 1.29 is 9.53 Å². The number of carbonyl (C=O) groups excluding carboxylic acids is 1. The number of aromatic nitrogens is 6. The van der Waals surface area contributed by atoms with Crippen LogP contribution in [0.3, 0.4) is 0 Å². The van der Waals surface area contributed by atoms with Gasteiger partial charge in [-0.2, -0.15) is 10.2 Å². The van der Waals surface area contributed by atoms with E-state index >= 15 is 0 Å². The second kappa shape index (κ2) is 9.61.